The van der Waals surface area contributed by atoms with Crippen LogP contribution in [0.15, 0.2) is 60.8 Å². The number of carbonyl (C=O) groups is 2. The standard InChI is InChI=1S/C86H162NO8P/c1-6-8-10-12-14-16-18-20-22-24-26-28-30-32-34-36-38-40-41-42-43-44-45-47-48-50-52-54-56-58-60-62-64-66-68-70-72-74-76-78-85(88)92-82-84(83-94-96(90,91)93-81-80-87(3,4)5)95-86(89)79-77-75-73-71-69-67-65-63-61-59-57-55-53-51-49-46-39-37-35-33-31-29-27-25-23-21-19-17-15-13-11-9-7-2/h9,11,15,17,21,23,27,29,33,35,84H,6-8,10,12-14,16,18-20,22,24-26,28,30-32,34,36-83H2,1-5H3/b11-9-,17-15-,23-21-,29-27-,35-33-. The third-order valence-electron chi connectivity index (χ3n) is 19.1. The van der Waals surface area contributed by atoms with Gasteiger partial charge in [0.25, 0.3) is 7.82 Å². The van der Waals surface area contributed by atoms with Gasteiger partial charge in [0.05, 0.1) is 27.7 Å². The largest absolute Gasteiger partial charge is 0.756 e. The van der Waals surface area contributed by atoms with Crippen LogP contribution in [-0.2, 0) is 32.7 Å². The Labute approximate surface area is 597 Å². The summed E-state index contributed by atoms with van der Waals surface area (Å²) in [5, 5.41) is 0. The van der Waals surface area contributed by atoms with Crippen LogP contribution in [0.5, 0.6) is 0 Å². The molecule has 0 amide bonds. The number of carbonyl (C=O) groups excluding carboxylic acids is 2. The monoisotopic (exact) mass is 1370 g/mol. The molecule has 0 aromatic rings. The van der Waals surface area contributed by atoms with Gasteiger partial charge < -0.3 is 27.9 Å². The van der Waals surface area contributed by atoms with Crippen molar-refractivity contribution in [2.75, 3.05) is 47.5 Å². The first-order valence-electron chi connectivity index (χ1n) is 42.0. The molecule has 0 fully saturated rings. The highest BCUT2D eigenvalue weighted by Crippen LogP contribution is 2.38. The van der Waals surface area contributed by atoms with Crippen molar-refractivity contribution >= 4 is 19.8 Å². The molecule has 0 aromatic heterocycles. The van der Waals surface area contributed by atoms with E-state index in [9.17, 15) is 19.0 Å². The first kappa shape index (κ1) is 93.7. The van der Waals surface area contributed by atoms with E-state index in [0.717, 1.165) is 70.6 Å². The topological polar surface area (TPSA) is 111 Å². The Hall–Kier alpha value is -2.29. The van der Waals surface area contributed by atoms with Gasteiger partial charge in [0.1, 0.15) is 19.8 Å². The second kappa shape index (κ2) is 76.9. The molecule has 0 aromatic carbocycles. The summed E-state index contributed by atoms with van der Waals surface area (Å²) in [5.74, 6) is -0.811. The zero-order valence-electron chi connectivity index (χ0n) is 64.6. The number of phosphoric acid groups is 1. The molecule has 2 unspecified atom stereocenters. The van der Waals surface area contributed by atoms with E-state index in [2.05, 4.69) is 74.6 Å². The summed E-state index contributed by atoms with van der Waals surface area (Å²) >= 11 is 0. The lowest BCUT2D eigenvalue weighted by atomic mass is 10.0. The minimum Gasteiger partial charge on any atom is -0.756 e. The Balaban J connectivity index is 3.88. The molecular weight excluding hydrogens is 1210 g/mol. The number of ether oxygens (including phenoxy) is 2. The molecule has 0 aliphatic rings. The summed E-state index contributed by atoms with van der Waals surface area (Å²) in [6, 6.07) is 0. The fourth-order valence-corrected chi connectivity index (χ4v) is 13.4. The number of phosphoric ester groups is 1. The van der Waals surface area contributed by atoms with Crippen molar-refractivity contribution in [2.24, 2.45) is 0 Å². The Morgan fingerprint density at radius 3 is 0.885 bits per heavy atom. The Morgan fingerprint density at radius 2 is 0.594 bits per heavy atom. The zero-order chi connectivity index (χ0) is 69.7. The molecule has 2 atom stereocenters. The highest BCUT2D eigenvalue weighted by atomic mass is 31.2. The average molecular weight is 1370 g/mol. The van der Waals surface area contributed by atoms with Crippen LogP contribution in [0.2, 0.25) is 0 Å². The van der Waals surface area contributed by atoms with E-state index in [1.807, 2.05) is 21.1 Å². The number of allylic oxidation sites excluding steroid dienone is 10. The van der Waals surface area contributed by atoms with E-state index in [1.54, 1.807) is 0 Å². The quantitative estimate of drug-likeness (QED) is 0.0195. The predicted octanol–water partition coefficient (Wildman–Crippen LogP) is 27.4. The molecule has 0 saturated heterocycles. The summed E-state index contributed by atoms with van der Waals surface area (Å²) in [7, 11) is 1.19. The van der Waals surface area contributed by atoms with Crippen molar-refractivity contribution in [3.05, 3.63) is 60.8 Å². The second-order valence-corrected chi connectivity index (χ2v) is 31.2. The number of quaternary nitrogens is 1. The van der Waals surface area contributed by atoms with Crippen LogP contribution in [0.3, 0.4) is 0 Å². The molecule has 0 saturated carbocycles. The van der Waals surface area contributed by atoms with E-state index in [1.165, 1.54) is 321 Å². The lowest BCUT2D eigenvalue weighted by Gasteiger charge is -2.28. The van der Waals surface area contributed by atoms with E-state index < -0.39 is 26.5 Å². The molecule has 0 rings (SSSR count). The van der Waals surface area contributed by atoms with Gasteiger partial charge in [-0.2, -0.15) is 0 Å². The van der Waals surface area contributed by atoms with Crippen LogP contribution < -0.4 is 4.89 Å². The van der Waals surface area contributed by atoms with E-state index >= 15 is 0 Å². The number of likely N-dealkylation sites (N-methyl/N-ethyl adjacent to an activating group) is 1. The maximum Gasteiger partial charge on any atom is 0.306 e. The van der Waals surface area contributed by atoms with Crippen LogP contribution >= 0.6 is 7.82 Å². The fourth-order valence-electron chi connectivity index (χ4n) is 12.7. The third kappa shape index (κ3) is 80.7. The van der Waals surface area contributed by atoms with Gasteiger partial charge in [-0.1, -0.05) is 415 Å². The molecular formula is C86H162NO8P. The first-order chi connectivity index (χ1) is 47.0. The molecule has 564 valence electrons. The number of hydrogen-bond donors (Lipinski definition) is 0. The van der Waals surface area contributed by atoms with Crippen molar-refractivity contribution in [1.82, 2.24) is 0 Å². The second-order valence-electron chi connectivity index (χ2n) is 29.8. The minimum atomic E-state index is -4.65. The Bertz CT molecular complexity index is 1800. The lowest BCUT2D eigenvalue weighted by Crippen LogP contribution is -2.37. The van der Waals surface area contributed by atoms with Crippen LogP contribution in [0.1, 0.15) is 425 Å². The Kier molecular flexibility index (Phi) is 75.0. The Morgan fingerprint density at radius 1 is 0.333 bits per heavy atom. The van der Waals surface area contributed by atoms with E-state index in [0.29, 0.717) is 17.4 Å². The molecule has 0 N–H and O–H groups in total. The predicted molar refractivity (Wildman–Crippen MR) is 416 cm³/mol. The maximum absolute atomic E-state index is 12.9. The molecule has 0 bridgehead atoms. The van der Waals surface area contributed by atoms with Crippen LogP contribution in [0, 0.1) is 0 Å². The molecule has 0 spiro atoms. The van der Waals surface area contributed by atoms with Crippen molar-refractivity contribution < 1.29 is 42.1 Å². The molecule has 0 aliphatic heterocycles. The molecule has 9 nitrogen and oxygen atoms in total. The average Bonchev–Trinajstić information content (AvgIpc) is 1.48. The number of hydrogen-bond acceptors (Lipinski definition) is 8. The third-order valence-corrected chi connectivity index (χ3v) is 20.0. The minimum absolute atomic E-state index is 0.0290. The summed E-state index contributed by atoms with van der Waals surface area (Å²) in [6.45, 7) is 4.20. The summed E-state index contributed by atoms with van der Waals surface area (Å²) in [4.78, 5) is 38.2. The van der Waals surface area contributed by atoms with Gasteiger partial charge >= 0.3 is 11.9 Å². The summed E-state index contributed by atoms with van der Waals surface area (Å²) in [5.41, 5.74) is 0. The molecule has 0 heterocycles. The van der Waals surface area contributed by atoms with Gasteiger partial charge in [0.15, 0.2) is 6.10 Å². The number of rotatable bonds is 79. The normalized spacial score (nSPS) is 13.3. The highest BCUT2D eigenvalue weighted by molar-refractivity contribution is 7.45. The van der Waals surface area contributed by atoms with Gasteiger partial charge in [-0.3, -0.25) is 14.2 Å². The van der Waals surface area contributed by atoms with Gasteiger partial charge in [0.2, 0.25) is 0 Å². The summed E-state index contributed by atoms with van der Waals surface area (Å²) in [6.07, 6.45) is 104. The van der Waals surface area contributed by atoms with Crippen molar-refractivity contribution in [3.63, 3.8) is 0 Å². The number of esters is 2. The zero-order valence-corrected chi connectivity index (χ0v) is 65.5. The highest BCUT2D eigenvalue weighted by Gasteiger charge is 2.22. The van der Waals surface area contributed by atoms with Crippen LogP contribution in [0.25, 0.3) is 0 Å². The fraction of sp³-hybridized carbons (Fsp3) is 0.860. The van der Waals surface area contributed by atoms with Crippen molar-refractivity contribution in [3.8, 4) is 0 Å². The molecule has 10 heteroatoms. The van der Waals surface area contributed by atoms with Crippen LogP contribution in [-0.4, -0.2) is 70.0 Å². The number of nitrogens with zero attached hydrogens (tertiary/aromatic N) is 1. The summed E-state index contributed by atoms with van der Waals surface area (Å²) < 4.78 is 34.5. The first-order valence-corrected chi connectivity index (χ1v) is 43.5. The van der Waals surface area contributed by atoms with E-state index in [4.69, 9.17) is 18.5 Å². The van der Waals surface area contributed by atoms with Gasteiger partial charge in [-0.05, 0) is 57.8 Å². The maximum atomic E-state index is 12.9. The van der Waals surface area contributed by atoms with Crippen molar-refractivity contribution in [1.29, 1.82) is 0 Å². The SMILES string of the molecule is CC/C=C\C/C=C\C/C=C\C/C=C\C/C=C\CCCCCCCCCCCCCCCCCCCC(=O)OC(COC(=O)CCCCCCCCCCCCCCCCCCCCCCCCCCCCCCCCCCCCCCCCC)COP(=O)([O-])OCC[N+](C)(C)C. The van der Waals surface area contributed by atoms with Gasteiger partial charge in [-0.15, -0.1) is 0 Å². The molecule has 0 aliphatic carbocycles. The molecule has 0 radical (unpaired) electrons. The van der Waals surface area contributed by atoms with E-state index in [-0.39, 0.29) is 32.0 Å². The van der Waals surface area contributed by atoms with Gasteiger partial charge in [-0.25, -0.2) is 0 Å². The van der Waals surface area contributed by atoms with Gasteiger partial charge in [0, 0.05) is 12.8 Å². The molecule has 96 heavy (non-hydrogen) atoms. The van der Waals surface area contributed by atoms with Crippen molar-refractivity contribution in [2.45, 2.75) is 431 Å². The smallest absolute Gasteiger partial charge is 0.306 e. The number of unbranched alkanes of at least 4 members (excludes halogenated alkanes) is 55. The lowest BCUT2D eigenvalue weighted by molar-refractivity contribution is -0.870. The van der Waals surface area contributed by atoms with Crippen LogP contribution in [0.4, 0.5) is 0 Å².